The molecule has 0 bridgehead atoms. The predicted octanol–water partition coefficient (Wildman–Crippen LogP) is 3.92. The van der Waals surface area contributed by atoms with Crippen LogP contribution in [0, 0.1) is 6.92 Å². The molecule has 0 aliphatic carbocycles. The molecule has 0 amide bonds. The summed E-state index contributed by atoms with van der Waals surface area (Å²) < 4.78 is 5.66. The number of halogens is 1. The highest BCUT2D eigenvalue weighted by molar-refractivity contribution is 6.31. The van der Waals surface area contributed by atoms with Gasteiger partial charge in [0.2, 0.25) is 17.8 Å². The standard InChI is InChI=1S/C19H17ClN8O/c1-10-8-12(4-7-14(10)20)23-19-26-17(27-28-19)11-2-5-13(6-3-11)29-16-9-15(21)24-18(22)25-16/h2-9H,1H3,(H4,21,22,24,25)(H2,23,26,27,28). The second kappa shape index (κ2) is 7.64. The Kier molecular flexibility index (Phi) is 4.88. The molecule has 2 aromatic carbocycles. The van der Waals surface area contributed by atoms with Crippen LogP contribution in [0.25, 0.3) is 11.4 Å². The topological polar surface area (TPSA) is 141 Å². The molecule has 0 aliphatic rings. The largest absolute Gasteiger partial charge is 0.439 e. The molecule has 2 heterocycles. The third-order valence-corrected chi connectivity index (χ3v) is 4.42. The SMILES string of the molecule is Cc1cc(Nc2nnc(-c3ccc(Oc4cc(N)nc(N)n4)cc3)[nH]2)ccc1Cl. The van der Waals surface area contributed by atoms with E-state index in [-0.39, 0.29) is 17.6 Å². The van der Waals surface area contributed by atoms with Crippen LogP contribution in [0.5, 0.6) is 11.6 Å². The van der Waals surface area contributed by atoms with Crippen LogP contribution in [-0.2, 0) is 0 Å². The van der Waals surface area contributed by atoms with E-state index in [1.54, 1.807) is 12.1 Å². The number of benzene rings is 2. The number of aryl methyl sites for hydroxylation is 1. The van der Waals surface area contributed by atoms with Crippen LogP contribution < -0.4 is 21.5 Å². The molecule has 0 unspecified atom stereocenters. The van der Waals surface area contributed by atoms with Gasteiger partial charge in [-0.1, -0.05) is 11.6 Å². The van der Waals surface area contributed by atoms with Crippen molar-refractivity contribution in [1.29, 1.82) is 0 Å². The molecule has 6 N–H and O–H groups in total. The molecule has 29 heavy (non-hydrogen) atoms. The molecule has 2 aromatic heterocycles. The van der Waals surface area contributed by atoms with Crippen LogP contribution in [0.1, 0.15) is 5.56 Å². The van der Waals surface area contributed by atoms with Gasteiger partial charge in [-0.05, 0) is 55.0 Å². The molecule has 0 spiro atoms. The second-order valence-electron chi connectivity index (χ2n) is 6.23. The van der Waals surface area contributed by atoms with E-state index in [0.29, 0.717) is 22.5 Å². The lowest BCUT2D eigenvalue weighted by atomic mass is 10.2. The van der Waals surface area contributed by atoms with Crippen molar-refractivity contribution >= 4 is 35.0 Å². The Labute approximate surface area is 171 Å². The fourth-order valence-electron chi connectivity index (χ4n) is 2.62. The number of aromatic nitrogens is 5. The first-order chi connectivity index (χ1) is 14.0. The lowest BCUT2D eigenvalue weighted by Gasteiger charge is -2.06. The monoisotopic (exact) mass is 408 g/mol. The zero-order chi connectivity index (χ0) is 20.4. The number of anilines is 4. The molecule has 10 heteroatoms. The number of nitrogens with two attached hydrogens (primary N) is 2. The van der Waals surface area contributed by atoms with Crippen LogP contribution in [0.2, 0.25) is 5.02 Å². The Bertz CT molecular complexity index is 1140. The van der Waals surface area contributed by atoms with Crippen molar-refractivity contribution in [2.45, 2.75) is 6.92 Å². The van der Waals surface area contributed by atoms with E-state index < -0.39 is 0 Å². The number of nitrogens with zero attached hydrogens (tertiary/aromatic N) is 4. The molecule has 0 fully saturated rings. The smallest absolute Gasteiger partial charge is 0.226 e. The Morgan fingerprint density at radius 2 is 1.79 bits per heavy atom. The number of rotatable bonds is 5. The first-order valence-electron chi connectivity index (χ1n) is 8.60. The number of ether oxygens (including phenoxy) is 1. The normalized spacial score (nSPS) is 10.7. The van der Waals surface area contributed by atoms with Gasteiger partial charge in [-0.3, -0.25) is 0 Å². The second-order valence-corrected chi connectivity index (χ2v) is 6.63. The number of nitrogen functional groups attached to an aromatic ring is 2. The summed E-state index contributed by atoms with van der Waals surface area (Å²) in [6.45, 7) is 1.94. The summed E-state index contributed by atoms with van der Waals surface area (Å²) in [5, 5.41) is 12.2. The third-order valence-electron chi connectivity index (χ3n) is 4.00. The summed E-state index contributed by atoms with van der Waals surface area (Å²) in [5.74, 6) is 2.26. The van der Waals surface area contributed by atoms with Crippen molar-refractivity contribution in [3.05, 3.63) is 59.1 Å². The van der Waals surface area contributed by atoms with Crippen molar-refractivity contribution in [3.63, 3.8) is 0 Å². The van der Waals surface area contributed by atoms with Crippen molar-refractivity contribution < 1.29 is 4.74 Å². The highest BCUT2D eigenvalue weighted by Crippen LogP contribution is 2.26. The summed E-state index contributed by atoms with van der Waals surface area (Å²) in [5.41, 5.74) is 13.9. The first-order valence-corrected chi connectivity index (χ1v) is 8.98. The van der Waals surface area contributed by atoms with Crippen molar-refractivity contribution in [2.75, 3.05) is 16.8 Å². The van der Waals surface area contributed by atoms with E-state index in [9.17, 15) is 0 Å². The van der Waals surface area contributed by atoms with Crippen LogP contribution in [-0.4, -0.2) is 25.1 Å². The summed E-state index contributed by atoms with van der Waals surface area (Å²) in [7, 11) is 0. The Morgan fingerprint density at radius 1 is 1.00 bits per heavy atom. The first kappa shape index (κ1) is 18.5. The molecule has 4 rings (SSSR count). The highest BCUT2D eigenvalue weighted by atomic mass is 35.5. The van der Waals surface area contributed by atoms with Crippen molar-refractivity contribution in [3.8, 4) is 23.0 Å². The van der Waals surface area contributed by atoms with Crippen molar-refractivity contribution in [1.82, 2.24) is 25.1 Å². The molecule has 0 saturated heterocycles. The number of hydrogen-bond acceptors (Lipinski definition) is 8. The number of hydrogen-bond donors (Lipinski definition) is 4. The summed E-state index contributed by atoms with van der Waals surface area (Å²) in [4.78, 5) is 10.9. The van der Waals surface area contributed by atoms with Crippen molar-refractivity contribution in [2.24, 2.45) is 0 Å². The van der Waals surface area contributed by atoms with Gasteiger partial charge in [0.25, 0.3) is 0 Å². The number of aromatic amines is 1. The van der Waals surface area contributed by atoms with Gasteiger partial charge in [-0.15, -0.1) is 10.2 Å². The van der Waals surface area contributed by atoms with Gasteiger partial charge in [-0.2, -0.15) is 9.97 Å². The van der Waals surface area contributed by atoms with Crippen LogP contribution in [0.3, 0.4) is 0 Å². The van der Waals surface area contributed by atoms with E-state index >= 15 is 0 Å². The molecule has 9 nitrogen and oxygen atoms in total. The van der Waals surface area contributed by atoms with Crippen LogP contribution >= 0.6 is 11.6 Å². The number of nitrogens with one attached hydrogen (secondary N) is 2. The Morgan fingerprint density at radius 3 is 2.52 bits per heavy atom. The fourth-order valence-corrected chi connectivity index (χ4v) is 2.74. The fraction of sp³-hybridized carbons (Fsp3) is 0.0526. The molecule has 146 valence electrons. The average molecular weight is 409 g/mol. The molecule has 0 aliphatic heterocycles. The maximum atomic E-state index is 6.05. The lowest BCUT2D eigenvalue weighted by molar-refractivity contribution is 0.463. The van der Waals surface area contributed by atoms with Crippen LogP contribution in [0.4, 0.5) is 23.4 Å². The predicted molar refractivity (Wildman–Crippen MR) is 112 cm³/mol. The zero-order valence-electron chi connectivity index (χ0n) is 15.3. The molecular weight excluding hydrogens is 392 g/mol. The van der Waals surface area contributed by atoms with Gasteiger partial charge in [-0.25, -0.2) is 0 Å². The maximum Gasteiger partial charge on any atom is 0.226 e. The molecule has 0 radical (unpaired) electrons. The van der Waals surface area contributed by atoms with Crippen LogP contribution in [0.15, 0.2) is 48.5 Å². The summed E-state index contributed by atoms with van der Waals surface area (Å²) >= 11 is 6.05. The average Bonchev–Trinajstić information content (AvgIpc) is 3.13. The van der Waals surface area contributed by atoms with E-state index in [2.05, 4.69) is 30.5 Å². The van der Waals surface area contributed by atoms with E-state index in [0.717, 1.165) is 16.8 Å². The van der Waals surface area contributed by atoms with Gasteiger partial charge in [0.15, 0.2) is 5.82 Å². The number of H-pyrrole nitrogens is 1. The lowest BCUT2D eigenvalue weighted by Crippen LogP contribution is -2.00. The molecular formula is C19H17ClN8O. The molecule has 0 saturated carbocycles. The minimum Gasteiger partial charge on any atom is -0.439 e. The van der Waals surface area contributed by atoms with Gasteiger partial charge >= 0.3 is 0 Å². The van der Waals surface area contributed by atoms with Gasteiger partial charge in [0, 0.05) is 22.3 Å². The minimum absolute atomic E-state index is 0.0502. The Hall–Kier alpha value is -3.85. The van der Waals surface area contributed by atoms with Gasteiger partial charge in [0.05, 0.1) is 0 Å². The van der Waals surface area contributed by atoms with E-state index in [4.69, 9.17) is 27.8 Å². The third kappa shape index (κ3) is 4.36. The minimum atomic E-state index is 0.0502. The van der Waals surface area contributed by atoms with E-state index in [1.165, 1.54) is 6.07 Å². The molecule has 4 aromatic rings. The highest BCUT2D eigenvalue weighted by Gasteiger charge is 2.08. The maximum absolute atomic E-state index is 6.05. The molecule has 0 atom stereocenters. The summed E-state index contributed by atoms with van der Waals surface area (Å²) in [6, 6.07) is 14.4. The summed E-state index contributed by atoms with van der Waals surface area (Å²) in [6.07, 6.45) is 0. The van der Waals surface area contributed by atoms with E-state index in [1.807, 2.05) is 37.3 Å². The Balaban J connectivity index is 1.47. The zero-order valence-corrected chi connectivity index (χ0v) is 16.1. The van der Waals surface area contributed by atoms with Gasteiger partial charge in [0.1, 0.15) is 11.6 Å². The quantitative estimate of drug-likeness (QED) is 0.389. The van der Waals surface area contributed by atoms with Gasteiger partial charge < -0.3 is 26.5 Å².